The Kier molecular flexibility index (Phi) is 4.02. The second-order valence-corrected chi connectivity index (χ2v) is 6.15. The smallest absolute Gasteiger partial charge is 0.177 e. The summed E-state index contributed by atoms with van der Waals surface area (Å²) in [5.74, 6) is 2.49. The lowest BCUT2D eigenvalue weighted by atomic mass is 10.1. The summed E-state index contributed by atoms with van der Waals surface area (Å²) in [4.78, 5) is 4.72. The Morgan fingerprint density at radius 1 is 1.00 bits per heavy atom. The summed E-state index contributed by atoms with van der Waals surface area (Å²) in [6, 6.07) is 18.1. The zero-order valence-electron chi connectivity index (χ0n) is 14.4. The second kappa shape index (κ2) is 6.48. The van der Waals surface area contributed by atoms with Crippen LogP contribution in [0.15, 0.2) is 65.3 Å². The van der Waals surface area contributed by atoms with Crippen LogP contribution >= 0.6 is 0 Å². The predicted molar refractivity (Wildman–Crippen MR) is 98.8 cm³/mol. The lowest BCUT2D eigenvalue weighted by Gasteiger charge is -2.11. The van der Waals surface area contributed by atoms with Crippen molar-refractivity contribution in [3.05, 3.63) is 72.0 Å². The van der Waals surface area contributed by atoms with Gasteiger partial charge in [-0.05, 0) is 61.4 Å². The van der Waals surface area contributed by atoms with Crippen LogP contribution in [0.25, 0.3) is 22.6 Å². The van der Waals surface area contributed by atoms with Crippen molar-refractivity contribution in [2.24, 2.45) is 0 Å². The molecular weight excluding hydrogens is 312 g/mol. The molecule has 2 heterocycles. The van der Waals surface area contributed by atoms with Crippen LogP contribution in [-0.2, 0) is 6.54 Å². The molecule has 0 N–H and O–H groups in total. The van der Waals surface area contributed by atoms with E-state index in [1.54, 1.807) is 6.26 Å². The SMILES string of the molecule is Cc1ccc(OCCn2c(-c3ccco3)nc3ccccc32)cc1C. The molecule has 0 unspecified atom stereocenters. The fraction of sp³-hybridized carbons (Fsp3) is 0.190. The van der Waals surface area contributed by atoms with Crippen LogP contribution < -0.4 is 4.74 Å². The van der Waals surface area contributed by atoms with Gasteiger partial charge in [-0.1, -0.05) is 18.2 Å². The van der Waals surface area contributed by atoms with Gasteiger partial charge in [-0.3, -0.25) is 0 Å². The summed E-state index contributed by atoms with van der Waals surface area (Å²) >= 11 is 0. The van der Waals surface area contributed by atoms with Gasteiger partial charge in [-0.15, -0.1) is 0 Å². The number of rotatable bonds is 5. The molecule has 0 atom stereocenters. The van der Waals surface area contributed by atoms with E-state index in [2.05, 4.69) is 36.6 Å². The van der Waals surface area contributed by atoms with Crippen molar-refractivity contribution < 1.29 is 9.15 Å². The molecule has 0 fully saturated rings. The number of nitrogens with zero attached hydrogens (tertiary/aromatic N) is 2. The summed E-state index contributed by atoms with van der Waals surface area (Å²) in [6.45, 7) is 5.47. The molecule has 4 nitrogen and oxygen atoms in total. The maximum absolute atomic E-state index is 5.96. The summed E-state index contributed by atoms with van der Waals surface area (Å²) in [7, 11) is 0. The Morgan fingerprint density at radius 2 is 1.88 bits per heavy atom. The molecule has 4 rings (SSSR count). The van der Waals surface area contributed by atoms with Gasteiger partial charge in [-0.2, -0.15) is 0 Å². The highest BCUT2D eigenvalue weighted by molar-refractivity contribution is 5.79. The zero-order valence-corrected chi connectivity index (χ0v) is 14.4. The van der Waals surface area contributed by atoms with E-state index >= 15 is 0 Å². The van der Waals surface area contributed by atoms with Gasteiger partial charge < -0.3 is 13.7 Å². The zero-order chi connectivity index (χ0) is 17.2. The summed E-state index contributed by atoms with van der Waals surface area (Å²) in [6.07, 6.45) is 1.67. The third-order valence-corrected chi connectivity index (χ3v) is 4.46. The summed E-state index contributed by atoms with van der Waals surface area (Å²) < 4.78 is 13.7. The number of hydrogen-bond donors (Lipinski definition) is 0. The number of ether oxygens (including phenoxy) is 1. The average molecular weight is 332 g/mol. The van der Waals surface area contributed by atoms with Crippen LogP contribution in [0.5, 0.6) is 5.75 Å². The van der Waals surface area contributed by atoms with E-state index in [1.807, 2.05) is 36.4 Å². The molecule has 0 radical (unpaired) electrons. The number of furan rings is 1. The first kappa shape index (κ1) is 15.5. The highest BCUT2D eigenvalue weighted by Gasteiger charge is 2.14. The van der Waals surface area contributed by atoms with Crippen molar-refractivity contribution in [1.29, 1.82) is 0 Å². The Hall–Kier alpha value is -3.01. The minimum atomic E-state index is 0.566. The molecule has 0 bridgehead atoms. The maximum atomic E-state index is 5.96. The van der Waals surface area contributed by atoms with Crippen molar-refractivity contribution >= 4 is 11.0 Å². The fourth-order valence-electron chi connectivity index (χ4n) is 2.95. The molecule has 4 aromatic rings. The van der Waals surface area contributed by atoms with Crippen LogP contribution in [0.1, 0.15) is 11.1 Å². The normalized spacial score (nSPS) is 11.1. The van der Waals surface area contributed by atoms with Gasteiger partial charge in [0.25, 0.3) is 0 Å². The molecule has 126 valence electrons. The minimum Gasteiger partial charge on any atom is -0.492 e. The van der Waals surface area contributed by atoms with E-state index in [9.17, 15) is 0 Å². The predicted octanol–water partition coefficient (Wildman–Crippen LogP) is 4.99. The number of aryl methyl sites for hydroxylation is 2. The van der Waals surface area contributed by atoms with E-state index in [-0.39, 0.29) is 0 Å². The Balaban J connectivity index is 1.60. The standard InChI is InChI=1S/C21H20N2O2/c1-15-9-10-17(14-16(15)2)24-13-11-23-19-7-4-3-6-18(19)22-21(23)20-8-5-12-25-20/h3-10,12,14H,11,13H2,1-2H3. The first-order valence-electron chi connectivity index (χ1n) is 8.41. The summed E-state index contributed by atoms with van der Waals surface area (Å²) in [5.41, 5.74) is 4.55. The average Bonchev–Trinajstić information content (AvgIpc) is 3.26. The molecule has 2 aromatic carbocycles. The first-order valence-corrected chi connectivity index (χ1v) is 8.41. The van der Waals surface area contributed by atoms with Crippen LogP contribution in [0, 0.1) is 13.8 Å². The van der Waals surface area contributed by atoms with Crippen molar-refractivity contribution in [2.75, 3.05) is 6.61 Å². The highest BCUT2D eigenvalue weighted by Crippen LogP contribution is 2.25. The van der Waals surface area contributed by atoms with E-state index in [4.69, 9.17) is 14.1 Å². The van der Waals surface area contributed by atoms with Crippen LogP contribution in [0.3, 0.4) is 0 Å². The molecule has 25 heavy (non-hydrogen) atoms. The van der Waals surface area contributed by atoms with Gasteiger partial charge in [0, 0.05) is 0 Å². The van der Waals surface area contributed by atoms with Crippen molar-refractivity contribution in [3.63, 3.8) is 0 Å². The van der Waals surface area contributed by atoms with Crippen molar-refractivity contribution in [2.45, 2.75) is 20.4 Å². The molecule has 4 heteroatoms. The van der Waals surface area contributed by atoms with Crippen molar-refractivity contribution in [1.82, 2.24) is 9.55 Å². The van der Waals surface area contributed by atoms with Gasteiger partial charge in [-0.25, -0.2) is 4.98 Å². The molecule has 0 saturated carbocycles. The highest BCUT2D eigenvalue weighted by atomic mass is 16.5. The Bertz CT molecular complexity index is 1000. The van der Waals surface area contributed by atoms with E-state index < -0.39 is 0 Å². The van der Waals surface area contributed by atoms with Gasteiger partial charge in [0.15, 0.2) is 11.6 Å². The van der Waals surface area contributed by atoms with E-state index in [0.29, 0.717) is 13.2 Å². The lowest BCUT2D eigenvalue weighted by molar-refractivity contribution is 0.300. The molecule has 0 aliphatic carbocycles. The molecule has 0 aliphatic heterocycles. The Labute approximate surface area is 146 Å². The minimum absolute atomic E-state index is 0.566. The first-order chi connectivity index (χ1) is 12.2. The quantitative estimate of drug-likeness (QED) is 0.517. The van der Waals surface area contributed by atoms with Gasteiger partial charge in [0.05, 0.1) is 23.8 Å². The van der Waals surface area contributed by atoms with Crippen molar-refractivity contribution in [3.8, 4) is 17.3 Å². The molecule has 0 saturated heterocycles. The molecule has 0 aliphatic rings. The van der Waals surface area contributed by atoms with Gasteiger partial charge in [0.2, 0.25) is 0 Å². The maximum Gasteiger partial charge on any atom is 0.177 e. The van der Waals surface area contributed by atoms with E-state index in [0.717, 1.165) is 28.4 Å². The third kappa shape index (κ3) is 3.03. The number of benzene rings is 2. The lowest BCUT2D eigenvalue weighted by Crippen LogP contribution is -2.09. The van der Waals surface area contributed by atoms with E-state index in [1.165, 1.54) is 11.1 Å². The summed E-state index contributed by atoms with van der Waals surface area (Å²) in [5, 5.41) is 0. The number of fused-ring (bicyclic) bond motifs is 1. The number of para-hydroxylation sites is 2. The van der Waals surface area contributed by atoms with Gasteiger partial charge in [0.1, 0.15) is 12.4 Å². The van der Waals surface area contributed by atoms with Crippen LogP contribution in [-0.4, -0.2) is 16.2 Å². The fourth-order valence-corrected chi connectivity index (χ4v) is 2.95. The third-order valence-electron chi connectivity index (χ3n) is 4.46. The molecule has 2 aromatic heterocycles. The van der Waals surface area contributed by atoms with Crippen LogP contribution in [0.2, 0.25) is 0 Å². The Morgan fingerprint density at radius 3 is 2.68 bits per heavy atom. The number of hydrogen-bond acceptors (Lipinski definition) is 3. The topological polar surface area (TPSA) is 40.2 Å². The van der Waals surface area contributed by atoms with Gasteiger partial charge >= 0.3 is 0 Å². The number of aromatic nitrogens is 2. The second-order valence-electron chi connectivity index (χ2n) is 6.15. The number of imidazole rings is 1. The monoisotopic (exact) mass is 332 g/mol. The largest absolute Gasteiger partial charge is 0.492 e. The van der Waals surface area contributed by atoms with Crippen LogP contribution in [0.4, 0.5) is 0 Å². The molecule has 0 amide bonds. The molecule has 0 spiro atoms. The molecular formula is C21H20N2O2.